The molecule has 1 fully saturated rings. The first-order valence-corrected chi connectivity index (χ1v) is 9.70. The summed E-state index contributed by atoms with van der Waals surface area (Å²) in [5.41, 5.74) is 1.71. The van der Waals surface area contributed by atoms with Crippen LogP contribution in [0.2, 0.25) is 10.2 Å². The Labute approximate surface area is 173 Å². The summed E-state index contributed by atoms with van der Waals surface area (Å²) in [6, 6.07) is 9.40. The van der Waals surface area contributed by atoms with Crippen LogP contribution >= 0.6 is 34.8 Å². The van der Waals surface area contributed by atoms with Gasteiger partial charge in [0.15, 0.2) is 0 Å². The Morgan fingerprint density at radius 1 is 1.26 bits per heavy atom. The van der Waals surface area contributed by atoms with E-state index in [1.807, 2.05) is 24.3 Å². The molecule has 1 aromatic carbocycles. The highest BCUT2D eigenvalue weighted by Gasteiger charge is 2.22. The average Bonchev–Trinajstić information content (AvgIpc) is 2.67. The number of benzene rings is 1. The number of rotatable bonds is 7. The van der Waals surface area contributed by atoms with Gasteiger partial charge in [0, 0.05) is 37.8 Å². The molecule has 2 aromatic rings. The molecule has 0 bridgehead atoms. The van der Waals surface area contributed by atoms with E-state index in [9.17, 15) is 4.79 Å². The van der Waals surface area contributed by atoms with Gasteiger partial charge in [-0.15, -0.1) is 0 Å². The van der Waals surface area contributed by atoms with Crippen molar-refractivity contribution < 1.29 is 14.3 Å². The highest BCUT2D eigenvalue weighted by Crippen LogP contribution is 2.27. The molecule has 0 amide bonds. The summed E-state index contributed by atoms with van der Waals surface area (Å²) in [6.07, 6.45) is 1.86. The van der Waals surface area contributed by atoms with E-state index < -0.39 is 0 Å². The van der Waals surface area contributed by atoms with E-state index in [0.717, 1.165) is 18.7 Å². The van der Waals surface area contributed by atoms with Gasteiger partial charge < -0.3 is 9.47 Å². The molecule has 8 heteroatoms. The Bertz CT molecular complexity index is 766. The van der Waals surface area contributed by atoms with E-state index in [1.54, 1.807) is 12.3 Å². The summed E-state index contributed by atoms with van der Waals surface area (Å²) < 4.78 is 11.6. The van der Waals surface area contributed by atoms with E-state index in [0.29, 0.717) is 41.1 Å². The number of hydrogen-bond donors (Lipinski definition) is 0. The van der Waals surface area contributed by atoms with Crippen LogP contribution in [0.1, 0.15) is 23.7 Å². The molecule has 1 atom stereocenters. The zero-order valence-corrected chi connectivity index (χ0v) is 16.8. The molecule has 0 N–H and O–H groups in total. The quantitative estimate of drug-likeness (QED) is 0.479. The standard InChI is InChI=1S/C19H19Cl3N2O3/c20-16-5-7-23-19(22)15(16)12-27-14-3-1-13(2-4-14)17-11-24(9-10-26-17)8-6-18(21)25/h1-5,7,17H,6,8-12H2. The van der Waals surface area contributed by atoms with Gasteiger partial charge in [0.05, 0.1) is 17.7 Å². The molecule has 1 aromatic heterocycles. The van der Waals surface area contributed by atoms with E-state index >= 15 is 0 Å². The molecular formula is C19H19Cl3N2O3. The molecule has 3 rings (SSSR count). The second-order valence-electron chi connectivity index (χ2n) is 6.19. The van der Waals surface area contributed by atoms with Crippen molar-refractivity contribution in [2.45, 2.75) is 19.1 Å². The number of nitrogens with zero attached hydrogens (tertiary/aromatic N) is 2. The zero-order chi connectivity index (χ0) is 19.2. The normalized spacial score (nSPS) is 17.7. The van der Waals surface area contributed by atoms with Gasteiger partial charge in [-0.2, -0.15) is 0 Å². The molecule has 0 aliphatic carbocycles. The maximum atomic E-state index is 11.0. The Morgan fingerprint density at radius 3 is 2.74 bits per heavy atom. The third kappa shape index (κ3) is 5.80. The van der Waals surface area contributed by atoms with Crippen molar-refractivity contribution >= 4 is 40.0 Å². The van der Waals surface area contributed by atoms with Crippen LogP contribution in [0.4, 0.5) is 0 Å². The largest absolute Gasteiger partial charge is 0.489 e. The number of morpholine rings is 1. The Balaban J connectivity index is 1.57. The number of halogens is 3. The average molecular weight is 430 g/mol. The molecular weight excluding hydrogens is 411 g/mol. The number of hydrogen-bond acceptors (Lipinski definition) is 5. The molecule has 144 valence electrons. The molecule has 0 spiro atoms. The van der Waals surface area contributed by atoms with Crippen LogP contribution in [0.3, 0.4) is 0 Å². The summed E-state index contributed by atoms with van der Waals surface area (Å²) >= 11 is 17.6. The third-order valence-corrected chi connectivity index (χ3v) is 5.23. The highest BCUT2D eigenvalue weighted by atomic mass is 35.5. The van der Waals surface area contributed by atoms with Crippen LogP contribution in [-0.2, 0) is 16.1 Å². The van der Waals surface area contributed by atoms with Gasteiger partial charge in [-0.1, -0.05) is 35.3 Å². The summed E-state index contributed by atoms with van der Waals surface area (Å²) in [5, 5.41) is 0.552. The third-order valence-electron chi connectivity index (χ3n) is 4.36. The summed E-state index contributed by atoms with van der Waals surface area (Å²) in [6.45, 7) is 3.04. The smallest absolute Gasteiger partial charge is 0.222 e. The molecule has 0 saturated carbocycles. The second kappa shape index (κ2) is 9.71. The lowest BCUT2D eigenvalue weighted by Crippen LogP contribution is -2.39. The molecule has 1 aliphatic heterocycles. The first-order valence-electron chi connectivity index (χ1n) is 8.57. The topological polar surface area (TPSA) is 51.7 Å². The minimum atomic E-state index is -0.312. The van der Waals surface area contributed by atoms with Crippen LogP contribution in [0.25, 0.3) is 0 Å². The van der Waals surface area contributed by atoms with Crippen LogP contribution in [0.5, 0.6) is 5.75 Å². The van der Waals surface area contributed by atoms with E-state index in [-0.39, 0.29) is 18.0 Å². The van der Waals surface area contributed by atoms with Crippen molar-refractivity contribution in [1.82, 2.24) is 9.88 Å². The van der Waals surface area contributed by atoms with E-state index in [4.69, 9.17) is 44.3 Å². The fourth-order valence-corrected chi connectivity index (χ4v) is 3.41. The second-order valence-corrected chi connectivity index (χ2v) is 7.37. The minimum Gasteiger partial charge on any atom is -0.489 e. The van der Waals surface area contributed by atoms with Crippen molar-refractivity contribution in [1.29, 1.82) is 0 Å². The fraction of sp³-hybridized carbons (Fsp3) is 0.368. The number of aromatic nitrogens is 1. The molecule has 1 saturated heterocycles. The molecule has 1 unspecified atom stereocenters. The number of ether oxygens (including phenoxy) is 2. The summed E-state index contributed by atoms with van der Waals surface area (Å²) in [7, 11) is 0. The van der Waals surface area contributed by atoms with Crippen LogP contribution in [0.15, 0.2) is 36.5 Å². The van der Waals surface area contributed by atoms with Gasteiger partial charge in [0.25, 0.3) is 0 Å². The van der Waals surface area contributed by atoms with Gasteiger partial charge >= 0.3 is 0 Å². The molecule has 1 aliphatic rings. The van der Waals surface area contributed by atoms with Gasteiger partial charge in [-0.05, 0) is 35.4 Å². The molecule has 2 heterocycles. The Kier molecular flexibility index (Phi) is 7.33. The van der Waals surface area contributed by atoms with Crippen molar-refractivity contribution in [3.8, 4) is 5.75 Å². The Hall–Kier alpha value is -1.37. The monoisotopic (exact) mass is 428 g/mol. The molecule has 5 nitrogen and oxygen atoms in total. The van der Waals surface area contributed by atoms with Crippen LogP contribution < -0.4 is 4.74 Å². The summed E-state index contributed by atoms with van der Waals surface area (Å²) in [5.74, 6) is 0.704. The van der Waals surface area contributed by atoms with Crippen molar-refractivity contribution in [2.75, 3.05) is 26.2 Å². The van der Waals surface area contributed by atoms with Gasteiger partial charge in [-0.3, -0.25) is 9.69 Å². The molecule has 0 radical (unpaired) electrons. The van der Waals surface area contributed by atoms with Crippen molar-refractivity contribution in [3.63, 3.8) is 0 Å². The van der Waals surface area contributed by atoms with Gasteiger partial charge in [-0.25, -0.2) is 4.98 Å². The van der Waals surface area contributed by atoms with Crippen LogP contribution in [0, 0.1) is 0 Å². The Morgan fingerprint density at radius 2 is 2.04 bits per heavy atom. The lowest BCUT2D eigenvalue weighted by atomic mass is 10.1. The first kappa shape index (κ1) is 20.4. The number of carbonyl (C=O) groups excluding carboxylic acids is 1. The first-order chi connectivity index (χ1) is 13.0. The maximum Gasteiger partial charge on any atom is 0.222 e. The summed E-state index contributed by atoms with van der Waals surface area (Å²) in [4.78, 5) is 17.2. The van der Waals surface area contributed by atoms with Crippen molar-refractivity contribution in [3.05, 3.63) is 57.8 Å². The minimum absolute atomic E-state index is 0.0413. The van der Waals surface area contributed by atoms with Crippen LogP contribution in [-0.4, -0.2) is 41.4 Å². The SMILES string of the molecule is O=C(Cl)CCN1CCOC(c2ccc(OCc3c(Cl)ccnc3Cl)cc2)C1. The lowest BCUT2D eigenvalue weighted by molar-refractivity contribution is -0.112. The van der Waals surface area contributed by atoms with E-state index in [2.05, 4.69) is 9.88 Å². The zero-order valence-electron chi connectivity index (χ0n) is 14.5. The van der Waals surface area contributed by atoms with Gasteiger partial charge in [0.2, 0.25) is 5.24 Å². The fourth-order valence-electron chi connectivity index (χ4n) is 2.86. The highest BCUT2D eigenvalue weighted by molar-refractivity contribution is 6.63. The predicted octanol–water partition coefficient (Wildman–Crippen LogP) is 4.50. The lowest BCUT2D eigenvalue weighted by Gasteiger charge is -2.32. The number of pyridine rings is 1. The van der Waals surface area contributed by atoms with Crippen molar-refractivity contribution in [2.24, 2.45) is 0 Å². The predicted molar refractivity (Wildman–Crippen MR) is 106 cm³/mol. The maximum absolute atomic E-state index is 11.0. The van der Waals surface area contributed by atoms with E-state index in [1.165, 1.54) is 0 Å². The van der Waals surface area contributed by atoms with Gasteiger partial charge in [0.1, 0.15) is 17.5 Å². The number of carbonyl (C=O) groups is 1. The molecule has 27 heavy (non-hydrogen) atoms.